The molecule has 7 heteroatoms. The normalized spacial score (nSPS) is 27.1. The molecule has 0 aromatic carbocycles. The molecule has 2 atom stereocenters. The standard InChI is InChI=1S/C17H33N3O3S/c1-3-24(22,23)20-12-5-8-16(14-20)17(21)18-9-6-11-19-10-4-7-15(2)13-19/h15-16H,3-14H2,1-2H3,(H,18,21)/t15-,16+/m1/s1. The second-order valence-electron chi connectivity index (χ2n) is 7.29. The summed E-state index contributed by atoms with van der Waals surface area (Å²) in [6, 6.07) is 0. The van der Waals surface area contributed by atoms with Crippen molar-refractivity contribution in [2.24, 2.45) is 11.8 Å². The predicted octanol–water partition coefficient (Wildman–Crippen LogP) is 1.29. The lowest BCUT2D eigenvalue weighted by atomic mass is 9.99. The largest absolute Gasteiger partial charge is 0.356 e. The van der Waals surface area contributed by atoms with Gasteiger partial charge < -0.3 is 10.2 Å². The summed E-state index contributed by atoms with van der Waals surface area (Å²) in [5.74, 6) is 0.699. The third kappa shape index (κ3) is 5.70. The van der Waals surface area contributed by atoms with E-state index in [-0.39, 0.29) is 17.6 Å². The predicted molar refractivity (Wildman–Crippen MR) is 96.2 cm³/mol. The van der Waals surface area contributed by atoms with Crippen LogP contribution in [0.1, 0.15) is 46.0 Å². The quantitative estimate of drug-likeness (QED) is 0.696. The lowest BCUT2D eigenvalue weighted by molar-refractivity contribution is -0.126. The van der Waals surface area contributed by atoms with Crippen LogP contribution in [0.15, 0.2) is 0 Å². The van der Waals surface area contributed by atoms with Crippen LogP contribution >= 0.6 is 0 Å². The first-order valence-corrected chi connectivity index (χ1v) is 11.0. The molecule has 0 aromatic heterocycles. The summed E-state index contributed by atoms with van der Waals surface area (Å²) in [5.41, 5.74) is 0. The topological polar surface area (TPSA) is 69.7 Å². The third-order valence-corrected chi connectivity index (χ3v) is 7.05. The van der Waals surface area contributed by atoms with Gasteiger partial charge in [-0.3, -0.25) is 4.79 Å². The highest BCUT2D eigenvalue weighted by Gasteiger charge is 2.31. The lowest BCUT2D eigenvalue weighted by Crippen LogP contribution is -2.46. The van der Waals surface area contributed by atoms with E-state index >= 15 is 0 Å². The number of amides is 1. The second-order valence-corrected chi connectivity index (χ2v) is 9.55. The van der Waals surface area contributed by atoms with E-state index in [9.17, 15) is 13.2 Å². The number of carbonyl (C=O) groups excluding carboxylic acids is 1. The van der Waals surface area contributed by atoms with Gasteiger partial charge in [0.1, 0.15) is 0 Å². The fourth-order valence-corrected chi connectivity index (χ4v) is 4.92. The molecule has 0 aromatic rings. The van der Waals surface area contributed by atoms with E-state index in [1.807, 2.05) is 0 Å². The van der Waals surface area contributed by atoms with Gasteiger partial charge in [-0.25, -0.2) is 12.7 Å². The molecule has 1 amide bonds. The first kappa shape index (κ1) is 19.7. The van der Waals surface area contributed by atoms with Gasteiger partial charge in [-0.15, -0.1) is 0 Å². The molecule has 24 heavy (non-hydrogen) atoms. The Hall–Kier alpha value is -0.660. The molecular weight excluding hydrogens is 326 g/mol. The molecule has 140 valence electrons. The Labute approximate surface area is 147 Å². The zero-order valence-electron chi connectivity index (χ0n) is 15.2. The summed E-state index contributed by atoms with van der Waals surface area (Å²) in [7, 11) is -3.19. The van der Waals surface area contributed by atoms with Crippen LogP contribution < -0.4 is 5.32 Å². The molecular formula is C17H33N3O3S. The summed E-state index contributed by atoms with van der Waals surface area (Å²) in [4.78, 5) is 14.8. The molecule has 0 saturated carbocycles. The van der Waals surface area contributed by atoms with Gasteiger partial charge in [-0.05, 0) is 58.0 Å². The van der Waals surface area contributed by atoms with E-state index in [4.69, 9.17) is 0 Å². The van der Waals surface area contributed by atoms with Crippen molar-refractivity contribution in [2.75, 3.05) is 45.0 Å². The molecule has 0 bridgehead atoms. The Kier molecular flexibility index (Phi) is 7.50. The van der Waals surface area contributed by atoms with Crippen LogP contribution in [0.5, 0.6) is 0 Å². The molecule has 0 radical (unpaired) electrons. The Balaban J connectivity index is 1.68. The van der Waals surface area contributed by atoms with Crippen LogP contribution in [-0.4, -0.2) is 68.6 Å². The molecule has 0 spiro atoms. The summed E-state index contributed by atoms with van der Waals surface area (Å²) in [6.45, 7) is 8.89. The highest BCUT2D eigenvalue weighted by Crippen LogP contribution is 2.19. The summed E-state index contributed by atoms with van der Waals surface area (Å²) < 4.78 is 25.4. The van der Waals surface area contributed by atoms with Gasteiger partial charge in [0.05, 0.1) is 11.7 Å². The van der Waals surface area contributed by atoms with Crippen LogP contribution in [0.25, 0.3) is 0 Å². The van der Waals surface area contributed by atoms with Gasteiger partial charge in [0.15, 0.2) is 0 Å². The summed E-state index contributed by atoms with van der Waals surface area (Å²) in [6.07, 6.45) is 5.11. The highest BCUT2D eigenvalue weighted by atomic mass is 32.2. The maximum absolute atomic E-state index is 12.3. The minimum absolute atomic E-state index is 0.0121. The fourth-order valence-electron chi connectivity index (χ4n) is 3.74. The van der Waals surface area contributed by atoms with Crippen LogP contribution in [-0.2, 0) is 14.8 Å². The fraction of sp³-hybridized carbons (Fsp3) is 0.941. The molecule has 2 aliphatic heterocycles. The van der Waals surface area contributed by atoms with Gasteiger partial charge >= 0.3 is 0 Å². The van der Waals surface area contributed by atoms with E-state index in [1.165, 1.54) is 30.2 Å². The zero-order chi connectivity index (χ0) is 17.6. The number of hydrogen-bond donors (Lipinski definition) is 1. The van der Waals surface area contributed by atoms with Gasteiger partial charge in [-0.1, -0.05) is 6.92 Å². The Bertz CT molecular complexity index is 509. The Morgan fingerprint density at radius 1 is 1.17 bits per heavy atom. The van der Waals surface area contributed by atoms with Gasteiger partial charge in [0.2, 0.25) is 15.9 Å². The number of rotatable bonds is 7. The molecule has 2 rings (SSSR count). The van der Waals surface area contributed by atoms with Crippen molar-refractivity contribution in [2.45, 2.75) is 46.0 Å². The van der Waals surface area contributed by atoms with E-state index in [0.29, 0.717) is 19.6 Å². The zero-order valence-corrected chi connectivity index (χ0v) is 16.0. The number of piperidine rings is 2. The van der Waals surface area contributed by atoms with Crippen molar-refractivity contribution in [3.8, 4) is 0 Å². The molecule has 2 heterocycles. The van der Waals surface area contributed by atoms with Crippen molar-refractivity contribution < 1.29 is 13.2 Å². The van der Waals surface area contributed by atoms with Crippen molar-refractivity contribution in [1.29, 1.82) is 0 Å². The number of likely N-dealkylation sites (tertiary alicyclic amines) is 1. The van der Waals surface area contributed by atoms with E-state index < -0.39 is 10.0 Å². The molecule has 2 saturated heterocycles. The first-order valence-electron chi connectivity index (χ1n) is 9.40. The minimum Gasteiger partial charge on any atom is -0.356 e. The monoisotopic (exact) mass is 359 g/mol. The van der Waals surface area contributed by atoms with Crippen molar-refractivity contribution in [1.82, 2.24) is 14.5 Å². The minimum atomic E-state index is -3.19. The SMILES string of the molecule is CCS(=O)(=O)N1CCC[C@H](C(=O)NCCCN2CCC[C@@H](C)C2)C1. The highest BCUT2D eigenvalue weighted by molar-refractivity contribution is 7.89. The average molecular weight is 360 g/mol. The van der Waals surface area contributed by atoms with Crippen LogP contribution in [0.2, 0.25) is 0 Å². The number of nitrogens with one attached hydrogen (secondary N) is 1. The number of carbonyl (C=O) groups is 1. The van der Waals surface area contributed by atoms with Gasteiger partial charge in [-0.2, -0.15) is 0 Å². The smallest absolute Gasteiger partial charge is 0.224 e. The lowest BCUT2D eigenvalue weighted by Gasteiger charge is -2.31. The molecule has 2 aliphatic rings. The van der Waals surface area contributed by atoms with Crippen LogP contribution in [0.3, 0.4) is 0 Å². The number of hydrogen-bond acceptors (Lipinski definition) is 4. The van der Waals surface area contributed by atoms with Crippen molar-refractivity contribution >= 4 is 15.9 Å². The van der Waals surface area contributed by atoms with Crippen LogP contribution in [0.4, 0.5) is 0 Å². The van der Waals surface area contributed by atoms with E-state index in [1.54, 1.807) is 6.92 Å². The van der Waals surface area contributed by atoms with Gasteiger partial charge in [0, 0.05) is 26.2 Å². The third-order valence-electron chi connectivity index (χ3n) is 5.20. The van der Waals surface area contributed by atoms with Gasteiger partial charge in [0.25, 0.3) is 0 Å². The number of sulfonamides is 1. The Morgan fingerprint density at radius 2 is 1.92 bits per heavy atom. The maximum Gasteiger partial charge on any atom is 0.224 e. The first-order chi connectivity index (χ1) is 11.4. The second kappa shape index (κ2) is 9.15. The van der Waals surface area contributed by atoms with E-state index in [2.05, 4.69) is 17.1 Å². The molecule has 1 N–H and O–H groups in total. The van der Waals surface area contributed by atoms with Crippen molar-refractivity contribution in [3.05, 3.63) is 0 Å². The molecule has 0 aliphatic carbocycles. The Morgan fingerprint density at radius 3 is 2.62 bits per heavy atom. The summed E-state index contributed by atoms with van der Waals surface area (Å²) in [5, 5.41) is 3.01. The maximum atomic E-state index is 12.3. The molecule has 2 fully saturated rings. The summed E-state index contributed by atoms with van der Waals surface area (Å²) >= 11 is 0. The van der Waals surface area contributed by atoms with Crippen molar-refractivity contribution in [3.63, 3.8) is 0 Å². The molecule has 0 unspecified atom stereocenters. The number of nitrogens with zero attached hydrogens (tertiary/aromatic N) is 2. The molecule has 6 nitrogen and oxygen atoms in total. The average Bonchev–Trinajstić information content (AvgIpc) is 2.58. The van der Waals surface area contributed by atoms with Crippen LogP contribution in [0, 0.1) is 11.8 Å². The van der Waals surface area contributed by atoms with E-state index in [0.717, 1.165) is 31.7 Å².